The molecular formula is C17H16N6OS. The Morgan fingerprint density at radius 1 is 1.40 bits per heavy atom. The quantitative estimate of drug-likeness (QED) is 0.786. The van der Waals surface area contributed by atoms with E-state index in [9.17, 15) is 4.79 Å². The molecule has 2 aromatic heterocycles. The fraction of sp³-hybridized carbons (Fsp3) is 0.353. The zero-order valence-corrected chi connectivity index (χ0v) is 14.7. The molecule has 0 aromatic carbocycles. The molecule has 7 nitrogen and oxygen atoms in total. The van der Waals surface area contributed by atoms with Crippen molar-refractivity contribution in [2.75, 3.05) is 18.5 Å². The average Bonchev–Trinajstić information content (AvgIpc) is 3.30. The van der Waals surface area contributed by atoms with Crippen LogP contribution in [0.25, 0.3) is 11.4 Å². The molecule has 0 spiro atoms. The minimum Gasteiger partial charge on any atom is -0.298 e. The molecule has 0 radical (unpaired) electrons. The van der Waals surface area contributed by atoms with Crippen LogP contribution in [0.2, 0.25) is 0 Å². The van der Waals surface area contributed by atoms with Crippen LogP contribution >= 0.6 is 11.3 Å². The first-order valence-corrected chi connectivity index (χ1v) is 8.70. The van der Waals surface area contributed by atoms with Crippen molar-refractivity contribution in [3.05, 3.63) is 28.8 Å². The van der Waals surface area contributed by atoms with Crippen molar-refractivity contribution in [1.82, 2.24) is 14.9 Å². The molecule has 1 amide bonds. The van der Waals surface area contributed by atoms with Gasteiger partial charge in [0, 0.05) is 19.0 Å². The lowest BCUT2D eigenvalue weighted by Gasteiger charge is -2.22. The highest BCUT2D eigenvalue weighted by molar-refractivity contribution is 7.14. The van der Waals surface area contributed by atoms with E-state index in [-0.39, 0.29) is 5.91 Å². The Kier molecular flexibility index (Phi) is 4.64. The first-order valence-electron chi connectivity index (χ1n) is 7.82. The van der Waals surface area contributed by atoms with E-state index >= 15 is 0 Å². The van der Waals surface area contributed by atoms with E-state index in [1.807, 2.05) is 24.4 Å². The van der Waals surface area contributed by atoms with Crippen molar-refractivity contribution >= 4 is 22.4 Å². The van der Waals surface area contributed by atoms with Crippen LogP contribution in [0.15, 0.2) is 17.5 Å². The first-order chi connectivity index (χ1) is 12.0. The van der Waals surface area contributed by atoms with Gasteiger partial charge in [0.25, 0.3) is 5.91 Å². The number of nitriles is 2. The molecule has 3 rings (SSSR count). The number of nitrogens with zero attached hydrogens (tertiary/aromatic N) is 6. The van der Waals surface area contributed by atoms with Gasteiger partial charge in [-0.05, 0) is 31.4 Å². The van der Waals surface area contributed by atoms with Crippen LogP contribution in [-0.2, 0) is 4.79 Å². The summed E-state index contributed by atoms with van der Waals surface area (Å²) in [6, 6.07) is 5.11. The zero-order valence-electron chi connectivity index (χ0n) is 13.9. The standard InChI is InChI=1S/C17H16N6OS/c1-11-5-6-12(8-18)20-15(11)13-9-25-17(21-13)22(2)16(24)14-4-3-7-23(14)10-19/h5-6,9,14H,3-4,7H2,1-2H3/t14-/m0/s1. The third-order valence-corrected chi connectivity index (χ3v) is 5.15. The second-order valence-electron chi connectivity index (χ2n) is 5.84. The molecule has 1 fully saturated rings. The maximum Gasteiger partial charge on any atom is 0.251 e. The third-order valence-electron chi connectivity index (χ3n) is 4.23. The predicted molar refractivity (Wildman–Crippen MR) is 93.5 cm³/mol. The molecule has 3 heterocycles. The van der Waals surface area contributed by atoms with Crippen molar-refractivity contribution in [3.8, 4) is 23.7 Å². The van der Waals surface area contributed by atoms with Crippen molar-refractivity contribution in [1.29, 1.82) is 10.5 Å². The monoisotopic (exact) mass is 352 g/mol. The number of hydrogen-bond acceptors (Lipinski definition) is 7. The number of carbonyl (C=O) groups excluding carboxylic acids is 1. The van der Waals surface area contributed by atoms with Gasteiger partial charge < -0.3 is 0 Å². The summed E-state index contributed by atoms with van der Waals surface area (Å²) in [7, 11) is 1.67. The van der Waals surface area contributed by atoms with Gasteiger partial charge in [0.2, 0.25) is 0 Å². The molecule has 8 heteroatoms. The second-order valence-corrected chi connectivity index (χ2v) is 6.67. The highest BCUT2D eigenvalue weighted by Crippen LogP contribution is 2.29. The Bertz CT molecular complexity index is 893. The van der Waals surface area contributed by atoms with Gasteiger partial charge in [0.15, 0.2) is 11.3 Å². The summed E-state index contributed by atoms with van der Waals surface area (Å²) in [5.41, 5.74) is 2.52. The van der Waals surface area contributed by atoms with Gasteiger partial charge in [0.1, 0.15) is 23.5 Å². The fourth-order valence-electron chi connectivity index (χ4n) is 2.84. The summed E-state index contributed by atoms with van der Waals surface area (Å²) in [6.07, 6.45) is 3.60. The van der Waals surface area contributed by atoms with Crippen LogP contribution in [0, 0.1) is 29.7 Å². The summed E-state index contributed by atoms with van der Waals surface area (Å²) >= 11 is 1.34. The van der Waals surface area contributed by atoms with Crippen LogP contribution in [0.3, 0.4) is 0 Å². The molecule has 0 unspecified atom stereocenters. The fourth-order valence-corrected chi connectivity index (χ4v) is 3.62. The van der Waals surface area contributed by atoms with Gasteiger partial charge >= 0.3 is 0 Å². The molecule has 1 aliphatic rings. The summed E-state index contributed by atoms with van der Waals surface area (Å²) < 4.78 is 0. The van der Waals surface area contributed by atoms with E-state index in [0.29, 0.717) is 35.2 Å². The minimum absolute atomic E-state index is 0.129. The molecular weight excluding hydrogens is 336 g/mol. The van der Waals surface area contributed by atoms with E-state index in [0.717, 1.165) is 12.0 Å². The Labute approximate surface area is 149 Å². The van der Waals surface area contributed by atoms with E-state index in [1.165, 1.54) is 21.1 Å². The van der Waals surface area contributed by atoms with Gasteiger partial charge in [-0.1, -0.05) is 6.07 Å². The van der Waals surface area contributed by atoms with Crippen molar-refractivity contribution < 1.29 is 4.79 Å². The van der Waals surface area contributed by atoms with E-state index < -0.39 is 6.04 Å². The predicted octanol–water partition coefficient (Wildman–Crippen LogP) is 2.29. The maximum absolute atomic E-state index is 12.7. The third kappa shape index (κ3) is 3.17. The van der Waals surface area contributed by atoms with E-state index in [2.05, 4.69) is 16.2 Å². The smallest absolute Gasteiger partial charge is 0.251 e. The van der Waals surface area contributed by atoms with Gasteiger partial charge in [-0.3, -0.25) is 14.6 Å². The number of aryl methyl sites for hydroxylation is 1. The van der Waals surface area contributed by atoms with E-state index in [4.69, 9.17) is 10.5 Å². The molecule has 1 atom stereocenters. The lowest BCUT2D eigenvalue weighted by molar-refractivity contribution is -0.121. The largest absolute Gasteiger partial charge is 0.298 e. The lowest BCUT2D eigenvalue weighted by atomic mass is 10.1. The number of likely N-dealkylation sites (N-methyl/N-ethyl adjacent to an activating group) is 1. The molecule has 1 aliphatic heterocycles. The summed E-state index contributed by atoms with van der Waals surface area (Å²) in [4.78, 5) is 24.5. The number of anilines is 1. The normalized spacial score (nSPS) is 16.3. The van der Waals surface area contributed by atoms with E-state index in [1.54, 1.807) is 13.1 Å². The number of rotatable bonds is 3. The zero-order chi connectivity index (χ0) is 18.0. The highest BCUT2D eigenvalue weighted by atomic mass is 32.1. The molecule has 0 aliphatic carbocycles. The van der Waals surface area contributed by atoms with Crippen molar-refractivity contribution in [3.63, 3.8) is 0 Å². The van der Waals surface area contributed by atoms with Crippen molar-refractivity contribution in [2.45, 2.75) is 25.8 Å². The van der Waals surface area contributed by atoms with Crippen LogP contribution in [-0.4, -0.2) is 40.4 Å². The SMILES string of the molecule is Cc1ccc(C#N)nc1-c1csc(N(C)C(=O)[C@@H]2CCCN2C#N)n1. The Balaban J connectivity index is 1.85. The van der Waals surface area contributed by atoms with Gasteiger partial charge in [-0.2, -0.15) is 10.5 Å². The summed E-state index contributed by atoms with van der Waals surface area (Å²) in [5, 5.41) is 20.5. The number of aromatic nitrogens is 2. The molecule has 0 bridgehead atoms. The summed E-state index contributed by atoms with van der Waals surface area (Å²) in [5.74, 6) is -0.129. The highest BCUT2D eigenvalue weighted by Gasteiger charge is 2.33. The molecule has 0 saturated carbocycles. The second kappa shape index (κ2) is 6.88. The Morgan fingerprint density at radius 3 is 2.92 bits per heavy atom. The maximum atomic E-state index is 12.7. The Hall–Kier alpha value is -2.97. The number of likely N-dealkylation sites (tertiary alicyclic amines) is 1. The number of pyridine rings is 1. The molecule has 2 aromatic rings. The molecule has 126 valence electrons. The lowest BCUT2D eigenvalue weighted by Crippen LogP contribution is -2.42. The van der Waals surface area contributed by atoms with Crippen LogP contribution in [0.1, 0.15) is 24.1 Å². The van der Waals surface area contributed by atoms with Crippen LogP contribution < -0.4 is 4.90 Å². The Morgan fingerprint density at radius 2 is 2.20 bits per heavy atom. The van der Waals surface area contributed by atoms with Gasteiger partial charge in [-0.15, -0.1) is 11.3 Å². The topological polar surface area (TPSA) is 96.9 Å². The molecule has 1 saturated heterocycles. The summed E-state index contributed by atoms with van der Waals surface area (Å²) in [6.45, 7) is 2.52. The van der Waals surface area contributed by atoms with Gasteiger partial charge in [-0.25, -0.2) is 9.97 Å². The van der Waals surface area contributed by atoms with Crippen LogP contribution in [0.4, 0.5) is 5.13 Å². The first kappa shape index (κ1) is 16.9. The number of amides is 1. The number of carbonyl (C=O) groups is 1. The number of thiazole rings is 1. The van der Waals surface area contributed by atoms with Crippen molar-refractivity contribution in [2.24, 2.45) is 0 Å². The van der Waals surface area contributed by atoms with Gasteiger partial charge in [0.05, 0.1) is 5.69 Å². The molecule has 25 heavy (non-hydrogen) atoms. The average molecular weight is 352 g/mol. The molecule has 0 N–H and O–H groups in total. The minimum atomic E-state index is -0.413. The number of hydrogen-bond donors (Lipinski definition) is 0. The van der Waals surface area contributed by atoms with Crippen LogP contribution in [0.5, 0.6) is 0 Å².